The van der Waals surface area contributed by atoms with Crippen LogP contribution >= 0.6 is 0 Å². The van der Waals surface area contributed by atoms with E-state index in [1.54, 1.807) is 18.5 Å². The Morgan fingerprint density at radius 3 is 2.59 bits per heavy atom. The van der Waals surface area contributed by atoms with Gasteiger partial charge >= 0.3 is 0 Å². The molecule has 0 unspecified atom stereocenters. The highest BCUT2D eigenvalue weighted by Gasteiger charge is 2.02. The lowest BCUT2D eigenvalue weighted by atomic mass is 10.2. The second kappa shape index (κ2) is 5.42. The Labute approximate surface area is 98.8 Å². The van der Waals surface area contributed by atoms with Crippen molar-refractivity contribution in [1.82, 2.24) is 9.97 Å². The number of hydrogen-bond acceptors (Lipinski definition) is 4. The molecule has 0 bridgehead atoms. The number of aromatic nitrogens is 2. The molecule has 4 heteroatoms. The van der Waals surface area contributed by atoms with Crippen LogP contribution in [0.2, 0.25) is 0 Å². The molecule has 2 rings (SSSR count). The van der Waals surface area contributed by atoms with Crippen LogP contribution in [0.5, 0.6) is 5.88 Å². The van der Waals surface area contributed by atoms with Crippen molar-refractivity contribution in [3.05, 3.63) is 54.0 Å². The summed E-state index contributed by atoms with van der Waals surface area (Å²) in [6.07, 6.45) is 8.26. The van der Waals surface area contributed by atoms with E-state index in [-0.39, 0.29) is 5.88 Å². The molecule has 1 heterocycles. The highest BCUT2D eigenvalue weighted by atomic mass is 16.5. The first-order valence-corrected chi connectivity index (χ1v) is 5.00. The number of nitriles is 1. The van der Waals surface area contributed by atoms with Gasteiger partial charge in [-0.2, -0.15) is 0 Å². The molecule has 0 saturated carbocycles. The first-order chi connectivity index (χ1) is 8.40. The smallest absolute Gasteiger partial charge is 0.293 e. The predicted molar refractivity (Wildman–Crippen MR) is 63.6 cm³/mol. The van der Waals surface area contributed by atoms with E-state index in [1.165, 1.54) is 6.20 Å². The first kappa shape index (κ1) is 10.8. The maximum Gasteiger partial charge on any atom is 0.293 e. The molecule has 17 heavy (non-hydrogen) atoms. The van der Waals surface area contributed by atoms with E-state index in [4.69, 9.17) is 10.00 Å². The molecule has 0 aliphatic heterocycles. The van der Waals surface area contributed by atoms with Crippen molar-refractivity contribution >= 4 is 12.2 Å². The first-order valence-electron chi connectivity index (χ1n) is 5.00. The van der Waals surface area contributed by atoms with Crippen molar-refractivity contribution < 1.29 is 4.74 Å². The third-order valence-corrected chi connectivity index (χ3v) is 2.07. The topological polar surface area (TPSA) is 58.8 Å². The van der Waals surface area contributed by atoms with E-state index < -0.39 is 0 Å². The molecule has 0 aliphatic rings. The third kappa shape index (κ3) is 2.89. The van der Waals surface area contributed by atoms with Gasteiger partial charge in [-0.25, -0.2) is 9.97 Å². The van der Waals surface area contributed by atoms with Gasteiger partial charge in [0.15, 0.2) is 0 Å². The number of hydrogen-bond donors (Lipinski definition) is 0. The predicted octanol–water partition coefficient (Wildman–Crippen LogP) is 2.51. The summed E-state index contributed by atoms with van der Waals surface area (Å²) in [5.74, 6) is 0.210. The lowest BCUT2D eigenvalue weighted by molar-refractivity contribution is 0.481. The van der Waals surface area contributed by atoms with Gasteiger partial charge in [-0.15, -0.1) is 5.26 Å². The number of benzene rings is 1. The number of ether oxygens (including phenoxy) is 1. The van der Waals surface area contributed by atoms with Gasteiger partial charge in [0.1, 0.15) is 5.69 Å². The normalized spacial score (nSPS) is 10.1. The Kier molecular flexibility index (Phi) is 3.46. The van der Waals surface area contributed by atoms with Crippen LogP contribution in [0.3, 0.4) is 0 Å². The van der Waals surface area contributed by atoms with Crippen LogP contribution in [0, 0.1) is 11.5 Å². The third-order valence-electron chi connectivity index (χ3n) is 2.07. The Hall–Kier alpha value is -2.67. The van der Waals surface area contributed by atoms with Crippen molar-refractivity contribution in [3.63, 3.8) is 0 Å². The summed E-state index contributed by atoms with van der Waals surface area (Å²) in [7, 11) is 0. The number of rotatable bonds is 3. The van der Waals surface area contributed by atoms with Gasteiger partial charge in [0.05, 0.1) is 0 Å². The Morgan fingerprint density at radius 2 is 1.82 bits per heavy atom. The largest absolute Gasteiger partial charge is 0.365 e. The van der Waals surface area contributed by atoms with Crippen LogP contribution in [-0.4, -0.2) is 9.97 Å². The summed E-state index contributed by atoms with van der Waals surface area (Å²) >= 11 is 0. The van der Waals surface area contributed by atoms with Crippen molar-refractivity contribution in [2.75, 3.05) is 0 Å². The molecular formula is C13H9N3O. The molecule has 0 radical (unpaired) electrons. The molecule has 0 spiro atoms. The van der Waals surface area contributed by atoms with Gasteiger partial charge in [0.25, 0.3) is 12.1 Å². The van der Waals surface area contributed by atoms with Crippen LogP contribution in [0.25, 0.3) is 12.2 Å². The molecule has 0 amide bonds. The van der Waals surface area contributed by atoms with Gasteiger partial charge in [-0.3, -0.25) is 0 Å². The lowest BCUT2D eigenvalue weighted by Crippen LogP contribution is -1.92. The van der Waals surface area contributed by atoms with E-state index >= 15 is 0 Å². The van der Waals surface area contributed by atoms with Crippen LogP contribution in [0.4, 0.5) is 0 Å². The molecule has 0 saturated heterocycles. The highest BCUT2D eigenvalue weighted by Crippen LogP contribution is 2.14. The zero-order valence-corrected chi connectivity index (χ0v) is 8.95. The van der Waals surface area contributed by atoms with Crippen molar-refractivity contribution in [2.45, 2.75) is 0 Å². The molecule has 82 valence electrons. The summed E-state index contributed by atoms with van der Waals surface area (Å²) < 4.78 is 4.71. The van der Waals surface area contributed by atoms with Gasteiger partial charge in [-0.1, -0.05) is 36.4 Å². The van der Waals surface area contributed by atoms with E-state index in [2.05, 4.69) is 9.97 Å². The SMILES string of the molecule is N#COc1nccnc1C=Cc1ccccc1. The van der Waals surface area contributed by atoms with E-state index in [0.29, 0.717) is 5.69 Å². The van der Waals surface area contributed by atoms with Crippen LogP contribution in [0.1, 0.15) is 11.3 Å². The molecule has 0 atom stereocenters. The number of nitrogens with zero attached hydrogens (tertiary/aromatic N) is 3. The van der Waals surface area contributed by atoms with Gasteiger partial charge in [0.2, 0.25) is 0 Å². The minimum atomic E-state index is 0.210. The van der Waals surface area contributed by atoms with Gasteiger partial charge in [-0.05, 0) is 11.6 Å². The fraction of sp³-hybridized carbons (Fsp3) is 0. The molecule has 0 N–H and O–H groups in total. The average Bonchev–Trinajstić information content (AvgIpc) is 2.39. The maximum absolute atomic E-state index is 8.47. The average molecular weight is 223 g/mol. The molecule has 2 aromatic rings. The fourth-order valence-electron chi connectivity index (χ4n) is 1.31. The van der Waals surface area contributed by atoms with E-state index in [1.807, 2.05) is 36.4 Å². The Bertz CT molecular complexity index is 558. The minimum absolute atomic E-state index is 0.210. The van der Waals surface area contributed by atoms with E-state index in [0.717, 1.165) is 5.56 Å². The second-order valence-electron chi connectivity index (χ2n) is 3.18. The van der Waals surface area contributed by atoms with Crippen molar-refractivity contribution in [2.24, 2.45) is 0 Å². The van der Waals surface area contributed by atoms with Crippen LogP contribution in [-0.2, 0) is 0 Å². The summed E-state index contributed by atoms with van der Waals surface area (Å²) in [6.45, 7) is 0. The zero-order chi connectivity index (χ0) is 11.9. The molecule has 0 fully saturated rings. The monoisotopic (exact) mass is 223 g/mol. The Morgan fingerprint density at radius 1 is 1.06 bits per heavy atom. The molecule has 1 aromatic heterocycles. The van der Waals surface area contributed by atoms with Gasteiger partial charge < -0.3 is 4.74 Å². The van der Waals surface area contributed by atoms with Crippen LogP contribution in [0.15, 0.2) is 42.7 Å². The van der Waals surface area contributed by atoms with Crippen LogP contribution < -0.4 is 4.74 Å². The highest BCUT2D eigenvalue weighted by molar-refractivity contribution is 5.69. The Balaban J connectivity index is 2.25. The summed E-state index contributed by atoms with van der Waals surface area (Å²) in [6, 6.07) is 9.78. The maximum atomic E-state index is 8.47. The van der Waals surface area contributed by atoms with Crippen molar-refractivity contribution in [1.29, 1.82) is 5.26 Å². The summed E-state index contributed by atoms with van der Waals surface area (Å²) in [5.41, 5.74) is 1.57. The zero-order valence-electron chi connectivity index (χ0n) is 8.95. The standard InChI is InChI=1S/C13H9N3O/c14-10-17-13-12(15-8-9-16-13)7-6-11-4-2-1-3-5-11/h1-9H. The second-order valence-corrected chi connectivity index (χ2v) is 3.18. The summed E-state index contributed by atoms with van der Waals surface area (Å²) in [4.78, 5) is 8.01. The minimum Gasteiger partial charge on any atom is -0.365 e. The molecule has 1 aromatic carbocycles. The molecule has 4 nitrogen and oxygen atoms in total. The molecule has 0 aliphatic carbocycles. The lowest BCUT2D eigenvalue weighted by Gasteiger charge is -1.98. The quantitative estimate of drug-likeness (QED) is 0.750. The fourth-order valence-corrected chi connectivity index (χ4v) is 1.31. The molecular weight excluding hydrogens is 214 g/mol. The summed E-state index contributed by atoms with van der Waals surface area (Å²) in [5, 5.41) is 8.47. The van der Waals surface area contributed by atoms with Gasteiger partial charge in [0, 0.05) is 12.4 Å². The van der Waals surface area contributed by atoms with E-state index in [9.17, 15) is 0 Å². The van der Waals surface area contributed by atoms with Crippen molar-refractivity contribution in [3.8, 4) is 12.1 Å².